The molecule has 362 valence electrons. The molecule has 0 spiro atoms. The molecule has 0 aromatic carbocycles. The molecule has 0 aromatic heterocycles. The average molecular weight is 901 g/mol. The summed E-state index contributed by atoms with van der Waals surface area (Å²) in [4.78, 5) is 25.4. The fraction of sp³-hybridized carbons (Fsp3) is 0.837. The fourth-order valence-corrected chi connectivity index (χ4v) is 8.06. The molecule has 0 amide bonds. The van der Waals surface area contributed by atoms with E-state index in [1.807, 2.05) is 6.08 Å². The van der Waals surface area contributed by atoms with Crippen LogP contribution in [0, 0.1) is 0 Å². The van der Waals surface area contributed by atoms with Gasteiger partial charge in [0.1, 0.15) is 36.8 Å². The standard InChI is InChI=1S/C49H88O12S/c1-3-5-7-9-11-13-15-17-19-20-21-22-24-26-28-30-32-34-36-38-45(51)60-42(40-59-49-48(54)47(53)46(52)43(61-49)41-62(55,56)57)39-58-44(50)37-35-33-31-29-27-25-23-18-16-14-12-10-8-6-4-2/h11,13,17,19,31,33,42-43,46-49,52-54H,3-10,12,14-16,18,20-30,32,34-41H2,1-2H3,(H,55,56,57)/b13-11+,19-17+,33-31+/t42-,43-,46-,47?,48?,49+/m1/s1. The van der Waals surface area contributed by atoms with Gasteiger partial charge in [-0.25, -0.2) is 0 Å². The van der Waals surface area contributed by atoms with Gasteiger partial charge in [-0.05, 0) is 57.8 Å². The zero-order chi connectivity index (χ0) is 45.5. The van der Waals surface area contributed by atoms with Crippen LogP contribution in [0.1, 0.15) is 206 Å². The Bertz CT molecular complexity index is 1290. The van der Waals surface area contributed by atoms with E-state index >= 15 is 0 Å². The van der Waals surface area contributed by atoms with Crippen LogP contribution >= 0.6 is 0 Å². The fourth-order valence-electron chi connectivity index (χ4n) is 7.37. The van der Waals surface area contributed by atoms with Crippen molar-refractivity contribution in [2.75, 3.05) is 19.0 Å². The first-order valence-electron chi connectivity index (χ1n) is 24.5. The van der Waals surface area contributed by atoms with Crippen LogP contribution in [-0.2, 0) is 38.7 Å². The summed E-state index contributed by atoms with van der Waals surface area (Å²) in [6.45, 7) is 3.72. The van der Waals surface area contributed by atoms with Gasteiger partial charge in [-0.3, -0.25) is 14.1 Å². The lowest BCUT2D eigenvalue weighted by Crippen LogP contribution is -2.60. The Morgan fingerprint density at radius 1 is 0.548 bits per heavy atom. The molecule has 6 atom stereocenters. The summed E-state index contributed by atoms with van der Waals surface area (Å²) in [6, 6.07) is 0. The minimum atomic E-state index is -4.61. The molecule has 0 aromatic rings. The van der Waals surface area contributed by atoms with Crippen LogP contribution in [0.4, 0.5) is 0 Å². The van der Waals surface area contributed by atoms with Crippen molar-refractivity contribution in [2.45, 2.75) is 243 Å². The van der Waals surface area contributed by atoms with E-state index in [0.717, 1.165) is 51.4 Å². The first kappa shape index (κ1) is 57.9. The topological polar surface area (TPSA) is 186 Å². The van der Waals surface area contributed by atoms with Crippen molar-refractivity contribution >= 4 is 22.1 Å². The maximum Gasteiger partial charge on any atom is 0.306 e. The van der Waals surface area contributed by atoms with Gasteiger partial charge in [0.15, 0.2) is 12.4 Å². The first-order valence-corrected chi connectivity index (χ1v) is 26.2. The van der Waals surface area contributed by atoms with E-state index in [-0.39, 0.29) is 19.4 Å². The largest absolute Gasteiger partial charge is 0.462 e. The summed E-state index contributed by atoms with van der Waals surface area (Å²) in [7, 11) is -4.61. The Kier molecular flexibility index (Phi) is 36.6. The zero-order valence-corrected chi connectivity index (χ0v) is 39.5. The van der Waals surface area contributed by atoms with Crippen molar-refractivity contribution in [1.82, 2.24) is 0 Å². The van der Waals surface area contributed by atoms with Gasteiger partial charge in [0.05, 0.1) is 6.61 Å². The van der Waals surface area contributed by atoms with Crippen molar-refractivity contribution in [1.29, 1.82) is 0 Å². The van der Waals surface area contributed by atoms with E-state index in [2.05, 4.69) is 44.2 Å². The van der Waals surface area contributed by atoms with E-state index in [9.17, 15) is 37.9 Å². The van der Waals surface area contributed by atoms with Crippen LogP contribution < -0.4 is 0 Å². The minimum Gasteiger partial charge on any atom is -0.462 e. The molecule has 0 saturated carbocycles. The van der Waals surface area contributed by atoms with Crippen molar-refractivity contribution < 1.29 is 56.8 Å². The molecule has 12 nitrogen and oxygen atoms in total. The molecule has 1 aliphatic heterocycles. The van der Waals surface area contributed by atoms with Crippen molar-refractivity contribution in [3.63, 3.8) is 0 Å². The number of rotatable bonds is 41. The molecule has 4 N–H and O–H groups in total. The molecule has 1 heterocycles. The molecule has 1 fully saturated rings. The summed E-state index contributed by atoms with van der Waals surface area (Å²) in [6.07, 6.45) is 36.2. The summed E-state index contributed by atoms with van der Waals surface area (Å²) in [5.74, 6) is -2.04. The maximum atomic E-state index is 12.8. The summed E-state index contributed by atoms with van der Waals surface area (Å²) in [5.41, 5.74) is 0. The van der Waals surface area contributed by atoms with Crippen LogP contribution in [0.25, 0.3) is 0 Å². The molecule has 1 rings (SSSR count). The smallest absolute Gasteiger partial charge is 0.306 e. The summed E-state index contributed by atoms with van der Waals surface area (Å²) in [5, 5.41) is 30.9. The molecule has 1 aliphatic rings. The quantitative estimate of drug-likeness (QED) is 0.0197. The second kappa shape index (κ2) is 39.3. The highest BCUT2D eigenvalue weighted by atomic mass is 32.2. The molecule has 0 bridgehead atoms. The van der Waals surface area contributed by atoms with Crippen LogP contribution in [0.15, 0.2) is 36.5 Å². The molecule has 0 aliphatic carbocycles. The van der Waals surface area contributed by atoms with Crippen LogP contribution in [0.3, 0.4) is 0 Å². The Hall–Kier alpha value is -2.13. The minimum absolute atomic E-state index is 0.136. The first-order chi connectivity index (χ1) is 30.0. The summed E-state index contributed by atoms with van der Waals surface area (Å²) < 4.78 is 54.1. The van der Waals surface area contributed by atoms with Gasteiger partial charge in [0.25, 0.3) is 10.1 Å². The third-order valence-corrected chi connectivity index (χ3v) is 12.0. The zero-order valence-electron chi connectivity index (χ0n) is 38.7. The number of carbonyl (C=O) groups is 2. The third-order valence-electron chi connectivity index (χ3n) is 11.2. The maximum absolute atomic E-state index is 12.8. The number of aliphatic hydroxyl groups excluding tert-OH is 3. The van der Waals surface area contributed by atoms with Crippen LogP contribution in [0.5, 0.6) is 0 Å². The SMILES string of the molecule is CCCCC/C=C/C/C=C/CCCCCCCCCCCC(=O)O[C@H](COC(=O)CC/C=C/CCCCCCCCCCCCC)CO[C@H]1O[C@H](CS(=O)(=O)O)[C@@H](O)C(O)C1O. The van der Waals surface area contributed by atoms with E-state index < -0.39 is 71.2 Å². The van der Waals surface area contributed by atoms with E-state index in [1.165, 1.54) is 116 Å². The lowest BCUT2D eigenvalue weighted by atomic mass is 10.00. The van der Waals surface area contributed by atoms with Crippen LogP contribution in [-0.4, -0.2) is 96.0 Å². The highest BCUT2D eigenvalue weighted by Gasteiger charge is 2.46. The number of hydrogen-bond donors (Lipinski definition) is 4. The number of esters is 2. The number of carbonyl (C=O) groups excluding carboxylic acids is 2. The van der Waals surface area contributed by atoms with Gasteiger partial charge < -0.3 is 34.3 Å². The van der Waals surface area contributed by atoms with Gasteiger partial charge in [0.2, 0.25) is 0 Å². The molecule has 62 heavy (non-hydrogen) atoms. The monoisotopic (exact) mass is 901 g/mol. The number of unbranched alkanes of at least 4 members (excludes halogenated alkanes) is 23. The van der Waals surface area contributed by atoms with E-state index in [1.54, 1.807) is 0 Å². The second-order valence-corrected chi connectivity index (χ2v) is 18.6. The Balaban J connectivity index is 2.42. The molecule has 0 radical (unpaired) electrons. The van der Waals surface area contributed by atoms with E-state index in [4.69, 9.17) is 18.9 Å². The molecular weight excluding hydrogens is 813 g/mol. The van der Waals surface area contributed by atoms with Crippen molar-refractivity contribution in [3.8, 4) is 0 Å². The Morgan fingerprint density at radius 2 is 1.00 bits per heavy atom. The lowest BCUT2D eigenvalue weighted by molar-refractivity contribution is -0.297. The number of allylic oxidation sites excluding steroid dienone is 6. The van der Waals surface area contributed by atoms with Crippen molar-refractivity contribution in [3.05, 3.63) is 36.5 Å². The van der Waals surface area contributed by atoms with Gasteiger partial charge in [-0.15, -0.1) is 0 Å². The summed E-state index contributed by atoms with van der Waals surface area (Å²) >= 11 is 0. The molecule has 1 saturated heterocycles. The van der Waals surface area contributed by atoms with Gasteiger partial charge >= 0.3 is 11.9 Å². The predicted molar refractivity (Wildman–Crippen MR) is 247 cm³/mol. The molecule has 13 heteroatoms. The predicted octanol–water partition coefficient (Wildman–Crippen LogP) is 10.6. The van der Waals surface area contributed by atoms with Gasteiger partial charge in [-0.2, -0.15) is 8.42 Å². The van der Waals surface area contributed by atoms with Crippen LogP contribution in [0.2, 0.25) is 0 Å². The van der Waals surface area contributed by atoms with Gasteiger partial charge in [0, 0.05) is 12.8 Å². The molecular formula is C49H88O12S. The highest BCUT2D eigenvalue weighted by Crippen LogP contribution is 2.24. The third kappa shape index (κ3) is 33.4. The lowest BCUT2D eigenvalue weighted by Gasteiger charge is -2.40. The number of aliphatic hydroxyl groups is 3. The number of ether oxygens (including phenoxy) is 4. The Morgan fingerprint density at radius 3 is 1.53 bits per heavy atom. The second-order valence-electron chi connectivity index (χ2n) is 17.1. The van der Waals surface area contributed by atoms with Crippen molar-refractivity contribution in [2.24, 2.45) is 0 Å². The average Bonchev–Trinajstić information content (AvgIpc) is 3.24. The molecule has 2 unspecified atom stereocenters. The Labute approximate surface area is 376 Å². The van der Waals surface area contributed by atoms with E-state index in [0.29, 0.717) is 12.8 Å². The highest BCUT2D eigenvalue weighted by molar-refractivity contribution is 7.85. The number of hydrogen-bond acceptors (Lipinski definition) is 11. The van der Waals surface area contributed by atoms with Gasteiger partial charge in [-0.1, -0.05) is 172 Å². The normalized spacial score (nSPS) is 20.1.